The van der Waals surface area contributed by atoms with Gasteiger partial charge in [-0.15, -0.1) is 0 Å². The fraction of sp³-hybridized carbons (Fsp3) is 0.636. The summed E-state index contributed by atoms with van der Waals surface area (Å²) in [5, 5.41) is 15.5. The minimum atomic E-state index is -0.652. The minimum absolute atomic E-state index is 0.00424. The van der Waals surface area contributed by atoms with Gasteiger partial charge in [0.25, 0.3) is 0 Å². The van der Waals surface area contributed by atoms with Crippen molar-refractivity contribution in [2.45, 2.75) is 11.8 Å². The fourth-order valence-electron chi connectivity index (χ4n) is 1.94. The molecule has 2 aliphatic heterocycles. The molecule has 2 rings (SSSR count). The highest BCUT2D eigenvalue weighted by molar-refractivity contribution is 9.11. The Morgan fingerprint density at radius 3 is 3.12 bits per heavy atom. The summed E-state index contributed by atoms with van der Waals surface area (Å²) in [5.74, 6) is 0. The molecule has 0 aromatic heterocycles. The van der Waals surface area contributed by atoms with E-state index in [2.05, 4.69) is 26.6 Å². The first-order chi connectivity index (χ1) is 8.27. The zero-order chi connectivity index (χ0) is 12.1. The van der Waals surface area contributed by atoms with E-state index < -0.39 is 5.72 Å². The molecule has 2 unspecified atom stereocenters. The van der Waals surface area contributed by atoms with E-state index in [9.17, 15) is 0 Å². The predicted molar refractivity (Wildman–Crippen MR) is 67.7 cm³/mol. The molecule has 2 atom stereocenters. The number of allylic oxidation sites excluding steroid dienone is 2. The van der Waals surface area contributed by atoms with E-state index in [1.165, 1.54) is 0 Å². The molecule has 3 N–H and O–H groups in total. The number of rotatable bonds is 4. The number of aliphatic hydroxyl groups excluding tert-OH is 1. The molecule has 0 radical (unpaired) electrons. The summed E-state index contributed by atoms with van der Waals surface area (Å²) in [7, 11) is 0. The van der Waals surface area contributed by atoms with Crippen LogP contribution in [0, 0.1) is 0 Å². The molecule has 1 fully saturated rings. The molecule has 1 saturated heterocycles. The number of morpholine rings is 1. The third-order valence-corrected chi connectivity index (χ3v) is 3.29. The topological polar surface area (TPSA) is 62.8 Å². The molecular formula is C11H17BrN2O3. The summed E-state index contributed by atoms with van der Waals surface area (Å²) in [5.41, 5.74) is -0.652. The van der Waals surface area contributed by atoms with E-state index in [0.717, 1.165) is 17.6 Å². The molecule has 0 saturated carbocycles. The monoisotopic (exact) mass is 304 g/mol. The molecule has 2 aliphatic rings. The Morgan fingerprint density at radius 2 is 2.53 bits per heavy atom. The first-order valence-electron chi connectivity index (χ1n) is 5.65. The van der Waals surface area contributed by atoms with Crippen LogP contribution in [-0.4, -0.2) is 49.8 Å². The van der Waals surface area contributed by atoms with Crippen molar-refractivity contribution in [3.63, 3.8) is 0 Å². The van der Waals surface area contributed by atoms with Gasteiger partial charge in [-0.2, -0.15) is 0 Å². The standard InChI is InChI=1S/C11H17BrN2O3/c12-9-1-2-11(14-7-9,17-6-4-15)10-8-16-5-3-13-10/h1-2,7,10,13-15H,3-6,8H2. The van der Waals surface area contributed by atoms with Crippen LogP contribution in [0.15, 0.2) is 22.8 Å². The molecule has 96 valence electrons. The zero-order valence-corrected chi connectivity index (χ0v) is 11.1. The normalized spacial score (nSPS) is 33.1. The lowest BCUT2D eigenvalue weighted by molar-refractivity contribution is -0.0912. The van der Waals surface area contributed by atoms with Gasteiger partial charge in [-0.1, -0.05) is 0 Å². The third kappa shape index (κ3) is 3.08. The van der Waals surface area contributed by atoms with Crippen LogP contribution in [-0.2, 0) is 9.47 Å². The van der Waals surface area contributed by atoms with E-state index in [4.69, 9.17) is 14.6 Å². The average molecular weight is 305 g/mol. The van der Waals surface area contributed by atoms with E-state index in [0.29, 0.717) is 6.61 Å². The number of nitrogens with one attached hydrogen (secondary N) is 2. The predicted octanol–water partition coefficient (Wildman–Crippen LogP) is 0.0757. The highest BCUT2D eigenvalue weighted by Gasteiger charge is 2.39. The molecule has 0 spiro atoms. The van der Waals surface area contributed by atoms with Gasteiger partial charge < -0.3 is 25.2 Å². The Kier molecular flexibility index (Phi) is 4.58. The number of dihydropyridines is 1. The molecule has 5 nitrogen and oxygen atoms in total. The number of hydrogen-bond donors (Lipinski definition) is 3. The van der Waals surface area contributed by atoms with Crippen molar-refractivity contribution in [2.24, 2.45) is 0 Å². The van der Waals surface area contributed by atoms with E-state index in [1.807, 2.05) is 18.4 Å². The highest BCUT2D eigenvalue weighted by Crippen LogP contribution is 2.23. The second-order valence-electron chi connectivity index (χ2n) is 3.95. The van der Waals surface area contributed by atoms with E-state index >= 15 is 0 Å². The maximum Gasteiger partial charge on any atom is 0.175 e. The SMILES string of the molecule is OCCOC1(C2COCCN2)C=CC(Br)=CN1. The van der Waals surface area contributed by atoms with Crippen molar-refractivity contribution < 1.29 is 14.6 Å². The summed E-state index contributed by atoms with van der Waals surface area (Å²) in [6.07, 6.45) is 5.72. The average Bonchev–Trinajstić information content (AvgIpc) is 2.40. The summed E-state index contributed by atoms with van der Waals surface area (Å²) in [4.78, 5) is 0. The number of halogens is 1. The molecule has 0 amide bonds. The van der Waals surface area contributed by atoms with Crippen molar-refractivity contribution in [3.05, 3.63) is 22.8 Å². The van der Waals surface area contributed by atoms with Gasteiger partial charge in [-0.3, -0.25) is 0 Å². The summed E-state index contributed by atoms with van der Waals surface area (Å²) >= 11 is 3.39. The van der Waals surface area contributed by atoms with Gasteiger partial charge in [0.15, 0.2) is 5.72 Å². The number of hydrogen-bond acceptors (Lipinski definition) is 5. The van der Waals surface area contributed by atoms with Crippen LogP contribution in [0.2, 0.25) is 0 Å². The summed E-state index contributed by atoms with van der Waals surface area (Å²) in [6.45, 7) is 2.37. The number of aliphatic hydroxyl groups is 1. The van der Waals surface area contributed by atoms with Crippen LogP contribution in [0.25, 0.3) is 0 Å². The van der Waals surface area contributed by atoms with Gasteiger partial charge in [0.2, 0.25) is 0 Å². The van der Waals surface area contributed by atoms with Crippen molar-refractivity contribution in [2.75, 3.05) is 33.0 Å². The lowest BCUT2D eigenvalue weighted by Crippen LogP contribution is -2.63. The first kappa shape index (κ1) is 13.0. The molecule has 17 heavy (non-hydrogen) atoms. The van der Waals surface area contributed by atoms with Crippen LogP contribution < -0.4 is 10.6 Å². The Bertz CT molecular complexity index is 316. The van der Waals surface area contributed by atoms with Gasteiger partial charge in [0.1, 0.15) is 0 Å². The molecule has 0 bridgehead atoms. The second kappa shape index (κ2) is 5.97. The Balaban J connectivity index is 2.09. The smallest absolute Gasteiger partial charge is 0.175 e. The van der Waals surface area contributed by atoms with E-state index in [-0.39, 0.29) is 19.3 Å². The Labute approximate surface area is 109 Å². The largest absolute Gasteiger partial charge is 0.394 e. The lowest BCUT2D eigenvalue weighted by atomic mass is 10.0. The third-order valence-electron chi connectivity index (χ3n) is 2.80. The minimum Gasteiger partial charge on any atom is -0.394 e. The second-order valence-corrected chi connectivity index (χ2v) is 4.87. The van der Waals surface area contributed by atoms with Crippen molar-refractivity contribution >= 4 is 15.9 Å². The molecule has 0 aromatic rings. The Morgan fingerprint density at radius 1 is 1.65 bits per heavy atom. The molecular weight excluding hydrogens is 288 g/mol. The Hall–Kier alpha value is -0.400. The van der Waals surface area contributed by atoms with Crippen LogP contribution >= 0.6 is 15.9 Å². The van der Waals surface area contributed by atoms with Crippen LogP contribution in [0.1, 0.15) is 0 Å². The van der Waals surface area contributed by atoms with Gasteiger partial charge in [0.05, 0.1) is 32.5 Å². The maximum absolute atomic E-state index is 8.91. The van der Waals surface area contributed by atoms with Crippen molar-refractivity contribution in [1.29, 1.82) is 0 Å². The van der Waals surface area contributed by atoms with Gasteiger partial charge in [0, 0.05) is 17.2 Å². The van der Waals surface area contributed by atoms with Gasteiger partial charge in [-0.05, 0) is 28.1 Å². The molecule has 0 aliphatic carbocycles. The van der Waals surface area contributed by atoms with Crippen molar-refractivity contribution in [1.82, 2.24) is 10.6 Å². The van der Waals surface area contributed by atoms with Gasteiger partial charge >= 0.3 is 0 Å². The van der Waals surface area contributed by atoms with E-state index in [1.54, 1.807) is 0 Å². The molecule has 2 heterocycles. The molecule has 0 aromatic carbocycles. The summed E-state index contributed by atoms with van der Waals surface area (Å²) in [6, 6.07) is 0.0240. The van der Waals surface area contributed by atoms with Crippen LogP contribution in [0.4, 0.5) is 0 Å². The maximum atomic E-state index is 8.91. The lowest BCUT2D eigenvalue weighted by Gasteiger charge is -2.41. The van der Waals surface area contributed by atoms with Crippen molar-refractivity contribution in [3.8, 4) is 0 Å². The molecule has 6 heteroatoms. The zero-order valence-electron chi connectivity index (χ0n) is 9.49. The fourth-order valence-corrected chi connectivity index (χ4v) is 2.19. The quantitative estimate of drug-likeness (QED) is 0.686. The number of ether oxygens (including phenoxy) is 2. The highest BCUT2D eigenvalue weighted by atomic mass is 79.9. The van der Waals surface area contributed by atoms with Crippen LogP contribution in [0.5, 0.6) is 0 Å². The van der Waals surface area contributed by atoms with Gasteiger partial charge in [-0.25, -0.2) is 0 Å². The summed E-state index contributed by atoms with van der Waals surface area (Å²) < 4.78 is 12.2. The first-order valence-corrected chi connectivity index (χ1v) is 6.45. The van der Waals surface area contributed by atoms with Crippen LogP contribution in [0.3, 0.4) is 0 Å².